The number of amides is 1. The van der Waals surface area contributed by atoms with Gasteiger partial charge in [-0.25, -0.2) is 4.79 Å². The molecule has 0 aliphatic carbocycles. The largest absolute Gasteiger partial charge is 0.494 e. The van der Waals surface area contributed by atoms with Gasteiger partial charge in [-0.2, -0.15) is 0 Å². The number of ether oxygens (including phenoxy) is 2. The number of aliphatic hydroxyl groups excluding tert-OH is 1. The van der Waals surface area contributed by atoms with E-state index < -0.39 is 12.1 Å². The molecule has 1 rings (SSSR count). The lowest BCUT2D eigenvalue weighted by atomic mass is 10.2. The van der Waals surface area contributed by atoms with E-state index in [0.29, 0.717) is 13.0 Å². The average Bonchev–Trinajstić information content (AvgIpc) is 2.50. The van der Waals surface area contributed by atoms with E-state index >= 15 is 0 Å². The fourth-order valence-corrected chi connectivity index (χ4v) is 1.58. The molecule has 1 aromatic carbocycles. The van der Waals surface area contributed by atoms with Gasteiger partial charge >= 0.3 is 5.97 Å². The fourth-order valence-electron chi connectivity index (χ4n) is 1.58. The molecule has 116 valence electrons. The van der Waals surface area contributed by atoms with Crippen molar-refractivity contribution in [1.29, 1.82) is 0 Å². The summed E-state index contributed by atoms with van der Waals surface area (Å²) in [6, 6.07) is 7.66. The lowest BCUT2D eigenvalue weighted by Crippen LogP contribution is -2.37. The van der Waals surface area contributed by atoms with Gasteiger partial charge in [-0.1, -0.05) is 17.7 Å². The summed E-state index contributed by atoms with van der Waals surface area (Å²) in [4.78, 5) is 22.4. The summed E-state index contributed by atoms with van der Waals surface area (Å²) in [6.07, 6.45) is -0.518. The summed E-state index contributed by atoms with van der Waals surface area (Å²) in [7, 11) is 1.18. The molecular weight excluding hydrogens is 274 g/mol. The molecular formula is C15H21NO5. The summed E-state index contributed by atoms with van der Waals surface area (Å²) >= 11 is 0. The average molecular weight is 295 g/mol. The van der Waals surface area contributed by atoms with Crippen LogP contribution in [0.15, 0.2) is 24.3 Å². The number of rotatable bonds is 8. The number of hydrogen-bond acceptors (Lipinski definition) is 5. The van der Waals surface area contributed by atoms with Crippen molar-refractivity contribution in [2.75, 3.05) is 20.3 Å². The second kappa shape index (κ2) is 8.97. The van der Waals surface area contributed by atoms with E-state index in [1.165, 1.54) is 7.11 Å². The Morgan fingerprint density at radius 3 is 2.57 bits per heavy atom. The summed E-state index contributed by atoms with van der Waals surface area (Å²) in [5.41, 5.74) is 1.16. The van der Waals surface area contributed by atoms with Gasteiger partial charge in [-0.05, 0) is 25.5 Å². The van der Waals surface area contributed by atoms with Gasteiger partial charge in [0.1, 0.15) is 5.75 Å². The molecule has 1 amide bonds. The first-order valence-corrected chi connectivity index (χ1v) is 6.75. The van der Waals surface area contributed by atoms with Crippen LogP contribution in [-0.4, -0.2) is 43.3 Å². The third-order valence-electron chi connectivity index (χ3n) is 2.80. The highest BCUT2D eigenvalue weighted by molar-refractivity contribution is 5.78. The van der Waals surface area contributed by atoms with Crippen LogP contribution in [-0.2, 0) is 14.3 Å². The maximum absolute atomic E-state index is 11.5. The van der Waals surface area contributed by atoms with E-state index in [-0.39, 0.29) is 18.9 Å². The minimum absolute atomic E-state index is 0.148. The monoisotopic (exact) mass is 295 g/mol. The summed E-state index contributed by atoms with van der Waals surface area (Å²) in [6.45, 7) is 2.28. The van der Waals surface area contributed by atoms with Crippen LogP contribution < -0.4 is 10.1 Å². The predicted octanol–water partition coefficient (Wildman–Crippen LogP) is 0.804. The standard InChI is InChI=1S/C15H21NO5/c1-11-5-7-12(8-6-11)21-9-3-4-14(18)16-10-13(17)15(19)20-2/h5-8,13,17H,3-4,9-10H2,1-2H3,(H,16,18). The zero-order chi connectivity index (χ0) is 15.7. The lowest BCUT2D eigenvalue weighted by molar-refractivity contribution is -0.150. The third-order valence-corrected chi connectivity index (χ3v) is 2.80. The van der Waals surface area contributed by atoms with Crippen molar-refractivity contribution in [2.24, 2.45) is 0 Å². The minimum Gasteiger partial charge on any atom is -0.494 e. The Bertz CT molecular complexity index is 458. The molecule has 0 spiro atoms. The van der Waals surface area contributed by atoms with Crippen LogP contribution >= 0.6 is 0 Å². The topological polar surface area (TPSA) is 84.9 Å². The van der Waals surface area contributed by atoms with E-state index in [9.17, 15) is 14.7 Å². The molecule has 1 atom stereocenters. The number of nitrogens with one attached hydrogen (secondary N) is 1. The van der Waals surface area contributed by atoms with E-state index in [0.717, 1.165) is 11.3 Å². The van der Waals surface area contributed by atoms with Crippen LogP contribution in [0.25, 0.3) is 0 Å². The molecule has 0 aliphatic heterocycles. The van der Waals surface area contributed by atoms with Gasteiger partial charge in [-0.3, -0.25) is 4.79 Å². The summed E-state index contributed by atoms with van der Waals surface area (Å²) < 4.78 is 9.83. The minimum atomic E-state index is -1.33. The highest BCUT2D eigenvalue weighted by Gasteiger charge is 2.15. The van der Waals surface area contributed by atoms with E-state index in [1.807, 2.05) is 31.2 Å². The molecule has 0 radical (unpaired) electrons. The maximum atomic E-state index is 11.5. The van der Waals surface area contributed by atoms with E-state index in [2.05, 4.69) is 10.1 Å². The van der Waals surface area contributed by atoms with Crippen molar-refractivity contribution < 1.29 is 24.2 Å². The van der Waals surface area contributed by atoms with Gasteiger partial charge in [0.15, 0.2) is 6.10 Å². The van der Waals surface area contributed by atoms with E-state index in [1.54, 1.807) is 0 Å². The molecule has 0 bridgehead atoms. The van der Waals surface area contributed by atoms with Crippen LogP contribution in [0.2, 0.25) is 0 Å². The van der Waals surface area contributed by atoms with Crippen LogP contribution in [0.1, 0.15) is 18.4 Å². The van der Waals surface area contributed by atoms with Gasteiger partial charge in [0.2, 0.25) is 5.91 Å². The van der Waals surface area contributed by atoms with Gasteiger partial charge in [0.25, 0.3) is 0 Å². The smallest absolute Gasteiger partial charge is 0.336 e. The van der Waals surface area contributed by atoms with Crippen molar-refractivity contribution in [3.63, 3.8) is 0 Å². The van der Waals surface area contributed by atoms with Crippen molar-refractivity contribution in [2.45, 2.75) is 25.9 Å². The zero-order valence-corrected chi connectivity index (χ0v) is 12.3. The number of benzene rings is 1. The van der Waals surface area contributed by atoms with Crippen molar-refractivity contribution in [3.05, 3.63) is 29.8 Å². The quantitative estimate of drug-likeness (QED) is 0.547. The Morgan fingerprint density at radius 1 is 1.29 bits per heavy atom. The number of aryl methyl sites for hydroxylation is 1. The maximum Gasteiger partial charge on any atom is 0.336 e. The van der Waals surface area contributed by atoms with Gasteiger partial charge in [-0.15, -0.1) is 0 Å². The Morgan fingerprint density at radius 2 is 1.95 bits per heavy atom. The first-order chi connectivity index (χ1) is 10.0. The molecule has 1 aromatic rings. The van der Waals surface area contributed by atoms with Crippen LogP contribution in [0, 0.1) is 6.92 Å². The Kier molecular flexibility index (Phi) is 7.25. The number of aliphatic hydroxyl groups is 1. The normalized spacial score (nSPS) is 11.6. The number of carbonyl (C=O) groups is 2. The Balaban J connectivity index is 2.13. The second-order valence-corrected chi connectivity index (χ2v) is 4.61. The van der Waals surface area contributed by atoms with Crippen molar-refractivity contribution in [1.82, 2.24) is 5.32 Å². The van der Waals surface area contributed by atoms with Crippen molar-refractivity contribution >= 4 is 11.9 Å². The molecule has 0 aromatic heterocycles. The highest BCUT2D eigenvalue weighted by Crippen LogP contribution is 2.11. The molecule has 0 aliphatic rings. The molecule has 0 saturated carbocycles. The number of methoxy groups -OCH3 is 1. The fraction of sp³-hybridized carbons (Fsp3) is 0.467. The predicted molar refractivity (Wildman–Crippen MR) is 76.9 cm³/mol. The Hall–Kier alpha value is -2.08. The Labute approximate surface area is 124 Å². The van der Waals surface area contributed by atoms with Crippen LogP contribution in [0.4, 0.5) is 0 Å². The van der Waals surface area contributed by atoms with E-state index in [4.69, 9.17) is 4.74 Å². The molecule has 2 N–H and O–H groups in total. The SMILES string of the molecule is COC(=O)C(O)CNC(=O)CCCOc1ccc(C)cc1. The zero-order valence-electron chi connectivity index (χ0n) is 12.3. The number of hydrogen-bond donors (Lipinski definition) is 2. The highest BCUT2D eigenvalue weighted by atomic mass is 16.5. The number of carbonyl (C=O) groups excluding carboxylic acids is 2. The molecule has 21 heavy (non-hydrogen) atoms. The molecule has 6 heteroatoms. The van der Waals surface area contributed by atoms with Gasteiger partial charge in [0.05, 0.1) is 20.3 Å². The lowest BCUT2D eigenvalue weighted by Gasteiger charge is -2.10. The number of esters is 1. The first kappa shape index (κ1) is 17.0. The molecule has 1 unspecified atom stereocenters. The van der Waals surface area contributed by atoms with Gasteiger partial charge in [0, 0.05) is 6.42 Å². The molecule has 0 saturated heterocycles. The molecule has 0 heterocycles. The van der Waals surface area contributed by atoms with Crippen LogP contribution in [0.5, 0.6) is 5.75 Å². The second-order valence-electron chi connectivity index (χ2n) is 4.61. The first-order valence-electron chi connectivity index (χ1n) is 6.75. The molecule has 6 nitrogen and oxygen atoms in total. The van der Waals surface area contributed by atoms with Crippen LogP contribution in [0.3, 0.4) is 0 Å². The third kappa shape index (κ3) is 6.76. The van der Waals surface area contributed by atoms with Gasteiger partial charge < -0.3 is 19.9 Å². The van der Waals surface area contributed by atoms with Crippen molar-refractivity contribution in [3.8, 4) is 5.75 Å². The molecule has 0 fully saturated rings. The summed E-state index contributed by atoms with van der Waals surface area (Å²) in [5, 5.41) is 11.8. The summed E-state index contributed by atoms with van der Waals surface area (Å²) in [5.74, 6) is -0.245.